The molecule has 0 aliphatic rings. The lowest BCUT2D eigenvalue weighted by molar-refractivity contribution is 0.156. The molecule has 130 valence electrons. The van der Waals surface area contributed by atoms with E-state index in [2.05, 4.69) is 40.5 Å². The predicted octanol–water partition coefficient (Wildman–Crippen LogP) is 4.72. The molecule has 4 aromatic rings. The van der Waals surface area contributed by atoms with Gasteiger partial charge < -0.3 is 9.67 Å². The number of rotatable bonds is 5. The summed E-state index contributed by atoms with van der Waals surface area (Å²) in [5.74, 6) is 0. The topological polar surface area (TPSA) is 50.9 Å². The summed E-state index contributed by atoms with van der Waals surface area (Å²) in [6.45, 7) is 2.54. The molecule has 1 atom stereocenters. The summed E-state index contributed by atoms with van der Waals surface area (Å²) in [5.41, 5.74) is 5.08. The van der Waals surface area contributed by atoms with Crippen LogP contribution in [0.15, 0.2) is 72.6 Å². The molecule has 1 N–H and O–H groups in total. The molecule has 4 nitrogen and oxygen atoms in total. The molecule has 1 aromatic carbocycles. The van der Waals surface area contributed by atoms with Crippen LogP contribution >= 0.6 is 11.3 Å². The Balaban J connectivity index is 1.78. The SMILES string of the molecule is Cc1ccsc1-c1c(-c2ccccc2)ncn1CC(O)c1cccnc1. The highest BCUT2D eigenvalue weighted by molar-refractivity contribution is 7.13. The third-order valence-corrected chi connectivity index (χ3v) is 5.42. The van der Waals surface area contributed by atoms with E-state index in [0.29, 0.717) is 6.54 Å². The average molecular weight is 361 g/mol. The number of aliphatic hydroxyl groups is 1. The molecule has 0 spiro atoms. The molecule has 0 fully saturated rings. The molecule has 1 unspecified atom stereocenters. The van der Waals surface area contributed by atoms with Crippen LogP contribution in [0.2, 0.25) is 0 Å². The lowest BCUT2D eigenvalue weighted by Gasteiger charge is -2.15. The fourth-order valence-corrected chi connectivity index (χ4v) is 4.03. The van der Waals surface area contributed by atoms with Crippen LogP contribution < -0.4 is 0 Å². The summed E-state index contributed by atoms with van der Waals surface area (Å²) in [4.78, 5) is 9.96. The third-order valence-electron chi connectivity index (χ3n) is 4.40. The summed E-state index contributed by atoms with van der Waals surface area (Å²) in [6.07, 6.45) is 4.59. The van der Waals surface area contributed by atoms with Crippen molar-refractivity contribution < 1.29 is 5.11 Å². The average Bonchev–Trinajstić information content (AvgIpc) is 3.28. The minimum Gasteiger partial charge on any atom is -0.386 e. The highest BCUT2D eigenvalue weighted by atomic mass is 32.1. The number of aromatic nitrogens is 3. The van der Waals surface area contributed by atoms with E-state index in [9.17, 15) is 5.11 Å². The van der Waals surface area contributed by atoms with E-state index < -0.39 is 6.10 Å². The zero-order chi connectivity index (χ0) is 17.9. The van der Waals surface area contributed by atoms with Crippen LogP contribution in [-0.4, -0.2) is 19.6 Å². The van der Waals surface area contributed by atoms with Crippen molar-refractivity contribution in [3.63, 3.8) is 0 Å². The summed E-state index contributed by atoms with van der Waals surface area (Å²) < 4.78 is 2.04. The minimum atomic E-state index is -0.638. The zero-order valence-corrected chi connectivity index (χ0v) is 15.2. The molecular formula is C21H19N3OS. The first kappa shape index (κ1) is 16.7. The maximum absolute atomic E-state index is 10.7. The molecular weight excluding hydrogens is 342 g/mol. The van der Waals surface area contributed by atoms with Crippen LogP contribution in [-0.2, 0) is 6.54 Å². The Bertz CT molecular complexity index is 993. The summed E-state index contributed by atoms with van der Waals surface area (Å²) in [6, 6.07) is 16.0. The highest BCUT2D eigenvalue weighted by Gasteiger charge is 2.20. The quantitative estimate of drug-likeness (QED) is 0.560. The van der Waals surface area contributed by atoms with Gasteiger partial charge in [-0.1, -0.05) is 36.4 Å². The smallest absolute Gasteiger partial charge is 0.0984 e. The Labute approximate surface area is 156 Å². The first-order valence-electron chi connectivity index (χ1n) is 8.47. The van der Waals surface area contributed by atoms with Gasteiger partial charge in [-0.3, -0.25) is 4.98 Å². The molecule has 0 aliphatic carbocycles. The van der Waals surface area contributed by atoms with Gasteiger partial charge in [0.25, 0.3) is 0 Å². The monoisotopic (exact) mass is 361 g/mol. The van der Waals surface area contributed by atoms with Crippen molar-refractivity contribution in [2.75, 3.05) is 0 Å². The zero-order valence-electron chi connectivity index (χ0n) is 14.4. The summed E-state index contributed by atoms with van der Waals surface area (Å²) in [5, 5.41) is 12.8. The summed E-state index contributed by atoms with van der Waals surface area (Å²) in [7, 11) is 0. The normalized spacial score (nSPS) is 12.2. The van der Waals surface area contributed by atoms with Crippen LogP contribution in [0.5, 0.6) is 0 Å². The van der Waals surface area contributed by atoms with Crippen LogP contribution in [0, 0.1) is 6.92 Å². The van der Waals surface area contributed by atoms with Crippen LogP contribution in [0.3, 0.4) is 0 Å². The Hall–Kier alpha value is -2.76. The number of hydrogen-bond donors (Lipinski definition) is 1. The van der Waals surface area contributed by atoms with Crippen LogP contribution in [0.25, 0.3) is 21.8 Å². The standard InChI is InChI=1S/C21H19N3OS/c1-15-9-11-26-21(15)20-19(16-6-3-2-4-7-16)23-14-24(20)13-18(25)17-8-5-10-22-12-17/h2-12,14,18,25H,13H2,1H3. The van der Waals surface area contributed by atoms with Gasteiger partial charge in [0.15, 0.2) is 0 Å². The van der Waals surface area contributed by atoms with Gasteiger partial charge in [-0.2, -0.15) is 0 Å². The van der Waals surface area contributed by atoms with Crippen molar-refractivity contribution in [1.82, 2.24) is 14.5 Å². The van der Waals surface area contributed by atoms with Crippen molar-refractivity contribution in [3.8, 4) is 21.8 Å². The van der Waals surface area contributed by atoms with E-state index in [-0.39, 0.29) is 0 Å². The van der Waals surface area contributed by atoms with Crippen molar-refractivity contribution in [3.05, 3.63) is 83.8 Å². The van der Waals surface area contributed by atoms with Crippen molar-refractivity contribution in [2.45, 2.75) is 19.6 Å². The van der Waals surface area contributed by atoms with Gasteiger partial charge in [-0.15, -0.1) is 11.3 Å². The van der Waals surface area contributed by atoms with Gasteiger partial charge in [-0.25, -0.2) is 4.98 Å². The number of imidazole rings is 1. The molecule has 0 amide bonds. The highest BCUT2D eigenvalue weighted by Crippen LogP contribution is 2.37. The molecule has 26 heavy (non-hydrogen) atoms. The lowest BCUT2D eigenvalue weighted by atomic mass is 10.1. The second-order valence-electron chi connectivity index (χ2n) is 6.20. The van der Waals surface area contributed by atoms with E-state index in [1.54, 1.807) is 23.7 Å². The fraction of sp³-hybridized carbons (Fsp3) is 0.143. The minimum absolute atomic E-state index is 0.429. The lowest BCUT2D eigenvalue weighted by Crippen LogP contribution is -2.09. The fourth-order valence-electron chi connectivity index (χ4n) is 3.05. The largest absolute Gasteiger partial charge is 0.386 e. The second-order valence-corrected chi connectivity index (χ2v) is 7.11. The maximum atomic E-state index is 10.7. The Kier molecular flexibility index (Phi) is 4.65. The van der Waals surface area contributed by atoms with Gasteiger partial charge >= 0.3 is 0 Å². The van der Waals surface area contributed by atoms with Gasteiger partial charge in [0, 0.05) is 23.5 Å². The van der Waals surface area contributed by atoms with E-state index in [0.717, 1.165) is 22.5 Å². The first-order valence-corrected chi connectivity index (χ1v) is 9.35. The van der Waals surface area contributed by atoms with Crippen LogP contribution in [0.1, 0.15) is 17.2 Å². The molecule has 0 bridgehead atoms. The molecule has 0 radical (unpaired) electrons. The number of nitrogens with zero attached hydrogens (tertiary/aromatic N) is 3. The van der Waals surface area contributed by atoms with E-state index in [1.165, 1.54) is 10.4 Å². The van der Waals surface area contributed by atoms with Crippen molar-refractivity contribution >= 4 is 11.3 Å². The van der Waals surface area contributed by atoms with Crippen molar-refractivity contribution in [1.29, 1.82) is 0 Å². The number of aliphatic hydroxyl groups excluding tert-OH is 1. The van der Waals surface area contributed by atoms with Crippen LogP contribution in [0.4, 0.5) is 0 Å². The molecule has 0 aliphatic heterocycles. The van der Waals surface area contributed by atoms with Gasteiger partial charge in [-0.05, 0) is 30.0 Å². The number of aryl methyl sites for hydroxylation is 1. The maximum Gasteiger partial charge on any atom is 0.0984 e. The molecule has 4 rings (SSSR count). The summed E-state index contributed by atoms with van der Waals surface area (Å²) >= 11 is 1.70. The third kappa shape index (κ3) is 3.19. The Morgan fingerprint density at radius 3 is 2.65 bits per heavy atom. The molecule has 3 aromatic heterocycles. The second kappa shape index (κ2) is 7.23. The predicted molar refractivity (Wildman–Crippen MR) is 105 cm³/mol. The number of benzene rings is 1. The van der Waals surface area contributed by atoms with Crippen molar-refractivity contribution in [2.24, 2.45) is 0 Å². The van der Waals surface area contributed by atoms with Gasteiger partial charge in [0.2, 0.25) is 0 Å². The number of thiophene rings is 1. The first-order chi connectivity index (χ1) is 12.7. The number of pyridine rings is 1. The van der Waals surface area contributed by atoms with E-state index in [4.69, 9.17) is 0 Å². The van der Waals surface area contributed by atoms with E-state index >= 15 is 0 Å². The van der Waals surface area contributed by atoms with Gasteiger partial charge in [0.05, 0.1) is 35.2 Å². The molecule has 5 heteroatoms. The number of hydrogen-bond acceptors (Lipinski definition) is 4. The molecule has 0 saturated carbocycles. The molecule has 0 saturated heterocycles. The van der Waals surface area contributed by atoms with E-state index in [1.807, 2.05) is 41.2 Å². The van der Waals surface area contributed by atoms with Gasteiger partial charge in [0.1, 0.15) is 0 Å². The molecule has 3 heterocycles. The Morgan fingerprint density at radius 1 is 1.12 bits per heavy atom. The Morgan fingerprint density at radius 2 is 1.96 bits per heavy atom.